The molecule has 5 heteroatoms. The van der Waals surface area contributed by atoms with Crippen LogP contribution in [0.2, 0.25) is 0 Å². The lowest BCUT2D eigenvalue weighted by atomic mass is 9.89. The minimum atomic E-state index is -0.00618. The number of carbonyl (C=O) groups is 1. The van der Waals surface area contributed by atoms with Gasteiger partial charge in [0.25, 0.3) is 0 Å². The molecule has 0 radical (unpaired) electrons. The molecule has 1 amide bonds. The van der Waals surface area contributed by atoms with E-state index in [1.54, 1.807) is 6.33 Å². The minimum Gasteiger partial charge on any atom is -0.395 e. The molecule has 1 aromatic heterocycles. The third kappa shape index (κ3) is 2.18. The number of imidazole rings is 1. The third-order valence-electron chi connectivity index (χ3n) is 2.77. The molecule has 1 aliphatic carbocycles. The number of aromatic amines is 1. The summed E-state index contributed by atoms with van der Waals surface area (Å²) in [5, 5.41) is 11.3. The van der Waals surface area contributed by atoms with E-state index >= 15 is 0 Å². The van der Waals surface area contributed by atoms with Crippen LogP contribution >= 0.6 is 0 Å². The number of aromatic nitrogens is 2. The van der Waals surface area contributed by atoms with Crippen LogP contribution in [-0.4, -0.2) is 34.1 Å². The van der Waals surface area contributed by atoms with Gasteiger partial charge in [-0.1, -0.05) is 0 Å². The monoisotopic (exact) mass is 209 g/mol. The molecule has 1 atom stereocenters. The lowest BCUT2D eigenvalue weighted by Gasteiger charge is -2.20. The Labute approximate surface area is 87.9 Å². The molecular formula is C10H15N3O2. The summed E-state index contributed by atoms with van der Waals surface area (Å²) in [5.41, 5.74) is 2.16. The van der Waals surface area contributed by atoms with Crippen molar-refractivity contribution in [3.8, 4) is 0 Å². The molecule has 1 aromatic rings. The Hall–Kier alpha value is -1.36. The number of nitrogens with zero attached hydrogens (tertiary/aromatic N) is 1. The van der Waals surface area contributed by atoms with Crippen molar-refractivity contribution in [3.05, 3.63) is 17.7 Å². The van der Waals surface area contributed by atoms with E-state index in [-0.39, 0.29) is 18.4 Å². The van der Waals surface area contributed by atoms with E-state index in [0.29, 0.717) is 6.54 Å². The highest BCUT2D eigenvalue weighted by atomic mass is 16.3. The van der Waals surface area contributed by atoms with Crippen LogP contribution in [0.3, 0.4) is 0 Å². The van der Waals surface area contributed by atoms with Crippen molar-refractivity contribution in [2.24, 2.45) is 5.92 Å². The number of rotatable bonds is 3. The first-order valence-electron chi connectivity index (χ1n) is 5.21. The molecule has 3 N–H and O–H groups in total. The maximum atomic E-state index is 11.6. The SMILES string of the molecule is O=C(NCCO)C1CCc2nc[nH]c2C1. The van der Waals surface area contributed by atoms with E-state index in [2.05, 4.69) is 15.3 Å². The van der Waals surface area contributed by atoms with Crippen molar-refractivity contribution < 1.29 is 9.90 Å². The fraction of sp³-hybridized carbons (Fsp3) is 0.600. The van der Waals surface area contributed by atoms with Crippen LogP contribution in [0, 0.1) is 5.92 Å². The number of hydrogen-bond donors (Lipinski definition) is 3. The predicted octanol–water partition coefficient (Wildman–Crippen LogP) is -0.377. The summed E-state index contributed by atoms with van der Waals surface area (Å²) in [4.78, 5) is 18.9. The topological polar surface area (TPSA) is 78.0 Å². The van der Waals surface area contributed by atoms with E-state index < -0.39 is 0 Å². The summed E-state index contributed by atoms with van der Waals surface area (Å²) in [6.07, 6.45) is 4.11. The van der Waals surface area contributed by atoms with Gasteiger partial charge in [-0.05, 0) is 12.8 Å². The van der Waals surface area contributed by atoms with Gasteiger partial charge in [-0.3, -0.25) is 4.79 Å². The molecule has 0 saturated carbocycles. The van der Waals surface area contributed by atoms with Gasteiger partial charge in [0.2, 0.25) is 5.91 Å². The quantitative estimate of drug-likeness (QED) is 0.635. The van der Waals surface area contributed by atoms with Crippen molar-refractivity contribution in [2.45, 2.75) is 19.3 Å². The molecule has 1 aliphatic rings. The molecule has 0 saturated heterocycles. The maximum Gasteiger partial charge on any atom is 0.223 e. The van der Waals surface area contributed by atoms with Gasteiger partial charge in [0.1, 0.15) is 0 Å². The molecule has 15 heavy (non-hydrogen) atoms. The van der Waals surface area contributed by atoms with Gasteiger partial charge in [0.15, 0.2) is 0 Å². The standard InChI is InChI=1S/C10H15N3O2/c14-4-3-11-10(15)7-1-2-8-9(5-7)13-6-12-8/h6-7,14H,1-5H2,(H,11,15)(H,12,13). The van der Waals surface area contributed by atoms with Crippen molar-refractivity contribution >= 4 is 5.91 Å². The first-order valence-corrected chi connectivity index (χ1v) is 5.21. The summed E-state index contributed by atoms with van der Waals surface area (Å²) in [7, 11) is 0. The van der Waals surface area contributed by atoms with Crippen molar-refractivity contribution in [1.29, 1.82) is 0 Å². The first-order chi connectivity index (χ1) is 7.31. The number of H-pyrrole nitrogens is 1. The van der Waals surface area contributed by atoms with Crippen LogP contribution in [0.5, 0.6) is 0 Å². The Morgan fingerprint density at radius 3 is 3.40 bits per heavy atom. The Balaban J connectivity index is 1.94. The second-order valence-electron chi connectivity index (χ2n) is 3.78. The number of fused-ring (bicyclic) bond motifs is 1. The first kappa shape index (κ1) is 10.2. The summed E-state index contributed by atoms with van der Waals surface area (Å²) in [6, 6.07) is 0. The molecular weight excluding hydrogens is 194 g/mol. The molecule has 0 bridgehead atoms. The van der Waals surface area contributed by atoms with Crippen LogP contribution in [-0.2, 0) is 17.6 Å². The fourth-order valence-corrected chi connectivity index (χ4v) is 1.95. The number of amides is 1. The van der Waals surface area contributed by atoms with Crippen molar-refractivity contribution in [1.82, 2.24) is 15.3 Å². The normalized spacial score (nSPS) is 19.7. The zero-order chi connectivity index (χ0) is 10.7. The van der Waals surface area contributed by atoms with Gasteiger partial charge >= 0.3 is 0 Å². The van der Waals surface area contributed by atoms with Crippen LogP contribution in [0.15, 0.2) is 6.33 Å². The second-order valence-corrected chi connectivity index (χ2v) is 3.78. The predicted molar refractivity (Wildman–Crippen MR) is 54.2 cm³/mol. The number of hydrogen-bond acceptors (Lipinski definition) is 3. The fourth-order valence-electron chi connectivity index (χ4n) is 1.95. The van der Waals surface area contributed by atoms with Crippen LogP contribution in [0.25, 0.3) is 0 Å². The zero-order valence-corrected chi connectivity index (χ0v) is 8.49. The van der Waals surface area contributed by atoms with Gasteiger partial charge in [-0.15, -0.1) is 0 Å². The molecule has 0 fully saturated rings. The number of nitrogens with one attached hydrogen (secondary N) is 2. The minimum absolute atomic E-state index is 0.00618. The van der Waals surface area contributed by atoms with Gasteiger partial charge < -0.3 is 15.4 Å². The summed E-state index contributed by atoms with van der Waals surface area (Å²) in [6.45, 7) is 0.332. The molecule has 1 unspecified atom stereocenters. The average molecular weight is 209 g/mol. The third-order valence-corrected chi connectivity index (χ3v) is 2.77. The average Bonchev–Trinajstić information content (AvgIpc) is 2.72. The van der Waals surface area contributed by atoms with E-state index in [1.807, 2.05) is 0 Å². The van der Waals surface area contributed by atoms with Crippen LogP contribution in [0.4, 0.5) is 0 Å². The van der Waals surface area contributed by atoms with Gasteiger partial charge in [-0.2, -0.15) is 0 Å². The Bertz CT molecular complexity index is 348. The van der Waals surface area contributed by atoms with E-state index in [9.17, 15) is 4.79 Å². The molecule has 0 aliphatic heterocycles. The lowest BCUT2D eigenvalue weighted by molar-refractivity contribution is -0.125. The van der Waals surface area contributed by atoms with E-state index in [1.165, 1.54) is 0 Å². The zero-order valence-electron chi connectivity index (χ0n) is 8.49. The smallest absolute Gasteiger partial charge is 0.223 e. The number of aryl methyl sites for hydroxylation is 1. The Morgan fingerprint density at radius 1 is 1.73 bits per heavy atom. The van der Waals surface area contributed by atoms with E-state index in [0.717, 1.165) is 30.7 Å². The number of aliphatic hydroxyl groups excluding tert-OH is 1. The molecule has 0 spiro atoms. The lowest BCUT2D eigenvalue weighted by Crippen LogP contribution is -2.35. The van der Waals surface area contributed by atoms with Gasteiger partial charge in [0, 0.05) is 24.6 Å². The largest absolute Gasteiger partial charge is 0.395 e. The molecule has 1 heterocycles. The maximum absolute atomic E-state index is 11.6. The van der Waals surface area contributed by atoms with Crippen molar-refractivity contribution in [2.75, 3.05) is 13.2 Å². The van der Waals surface area contributed by atoms with Crippen LogP contribution < -0.4 is 5.32 Å². The molecule has 82 valence electrons. The molecule has 0 aromatic carbocycles. The van der Waals surface area contributed by atoms with E-state index in [4.69, 9.17) is 5.11 Å². The van der Waals surface area contributed by atoms with Crippen molar-refractivity contribution in [3.63, 3.8) is 0 Å². The molecule has 2 rings (SSSR count). The summed E-state index contributed by atoms with van der Waals surface area (Å²) >= 11 is 0. The number of aliphatic hydroxyl groups is 1. The van der Waals surface area contributed by atoms with Gasteiger partial charge in [-0.25, -0.2) is 4.98 Å². The highest BCUT2D eigenvalue weighted by Crippen LogP contribution is 2.22. The highest BCUT2D eigenvalue weighted by Gasteiger charge is 2.25. The Kier molecular flexibility index (Phi) is 3.01. The second kappa shape index (κ2) is 4.44. The van der Waals surface area contributed by atoms with Crippen LogP contribution in [0.1, 0.15) is 17.8 Å². The summed E-state index contributed by atoms with van der Waals surface area (Å²) < 4.78 is 0. The highest BCUT2D eigenvalue weighted by molar-refractivity contribution is 5.79. The molecule has 5 nitrogen and oxygen atoms in total. The Morgan fingerprint density at radius 2 is 2.60 bits per heavy atom. The van der Waals surface area contributed by atoms with Gasteiger partial charge in [0.05, 0.1) is 18.6 Å². The number of carbonyl (C=O) groups excluding carboxylic acids is 1. The summed E-state index contributed by atoms with van der Waals surface area (Å²) in [5.74, 6) is 0.0498.